The summed E-state index contributed by atoms with van der Waals surface area (Å²) in [5.41, 5.74) is 1.13. The van der Waals surface area contributed by atoms with E-state index in [4.69, 9.17) is 11.6 Å². The Morgan fingerprint density at radius 1 is 1.08 bits per heavy atom. The molecule has 0 saturated carbocycles. The zero-order valence-corrected chi connectivity index (χ0v) is 22.3. The number of aryl methyl sites for hydroxylation is 1. The van der Waals surface area contributed by atoms with Crippen molar-refractivity contribution in [3.8, 4) is 0 Å². The normalized spacial score (nSPS) is 11.1. The van der Waals surface area contributed by atoms with E-state index in [9.17, 15) is 27.6 Å². The number of halogens is 5. The van der Waals surface area contributed by atoms with Crippen LogP contribution in [0.1, 0.15) is 39.9 Å². The summed E-state index contributed by atoms with van der Waals surface area (Å²) in [5.74, 6) is -2.38. The number of hydrogen-bond acceptors (Lipinski definition) is 6. The number of nitrogens with one attached hydrogen (secondary N) is 2. The lowest BCUT2D eigenvalue weighted by Crippen LogP contribution is -2.21. The van der Waals surface area contributed by atoms with Crippen LogP contribution in [0.15, 0.2) is 42.5 Å². The van der Waals surface area contributed by atoms with Gasteiger partial charge in [-0.25, -0.2) is 29.1 Å². The number of urea groups is 1. The lowest BCUT2D eigenvalue weighted by Gasteiger charge is -2.13. The summed E-state index contributed by atoms with van der Waals surface area (Å²) >= 11 is 8.81. The van der Waals surface area contributed by atoms with Crippen molar-refractivity contribution in [3.63, 3.8) is 0 Å². The Kier molecular flexibility index (Phi) is 9.39. The maximum absolute atomic E-state index is 13.0. The zero-order valence-electron chi connectivity index (χ0n) is 20.0. The average molecular weight is 618 g/mol. The number of carbonyl (C=O) groups excluding carboxylic acids is 3. The average Bonchev–Trinajstić information content (AvgIpc) is 3.20. The van der Waals surface area contributed by atoms with Gasteiger partial charge in [0.15, 0.2) is 5.82 Å². The highest BCUT2D eigenvalue weighted by Crippen LogP contribution is 2.30. The van der Waals surface area contributed by atoms with Gasteiger partial charge in [0, 0.05) is 17.3 Å². The number of carbonyl (C=O) groups is 3. The molecule has 0 saturated heterocycles. The highest BCUT2D eigenvalue weighted by atomic mass is 79.9. The van der Waals surface area contributed by atoms with Crippen LogP contribution in [0.3, 0.4) is 0 Å². The fourth-order valence-corrected chi connectivity index (χ4v) is 3.75. The maximum atomic E-state index is 13.0. The van der Waals surface area contributed by atoms with Crippen molar-refractivity contribution in [2.45, 2.75) is 33.0 Å². The van der Waals surface area contributed by atoms with Crippen LogP contribution in [-0.4, -0.2) is 32.9 Å². The topological polar surface area (TPSA) is 112 Å². The first-order chi connectivity index (χ1) is 17.9. The highest BCUT2D eigenvalue weighted by molar-refractivity contribution is 9.09. The summed E-state index contributed by atoms with van der Waals surface area (Å²) in [6.07, 6.45) is -4.25. The smallest absolute Gasteiger partial charge is 0.316 e. The van der Waals surface area contributed by atoms with E-state index in [0.29, 0.717) is 27.5 Å². The SMILES string of the molecule is CCc1c(NC(=O)Nc2ccc(Cl)cc2C)nc(C(=O)OOC(=O)CBr)n1Cc1ccc(C(F)(F)F)cc1. The molecule has 0 fully saturated rings. The third kappa shape index (κ3) is 7.25. The zero-order chi connectivity index (χ0) is 28.0. The number of aromatic nitrogens is 2. The van der Waals surface area contributed by atoms with Gasteiger partial charge in [-0.3, -0.25) is 5.32 Å². The van der Waals surface area contributed by atoms with E-state index in [0.717, 1.165) is 12.1 Å². The molecule has 0 aliphatic carbocycles. The second-order valence-electron chi connectivity index (χ2n) is 7.86. The highest BCUT2D eigenvalue weighted by Gasteiger charge is 2.30. The first-order valence-electron chi connectivity index (χ1n) is 11.0. The minimum absolute atomic E-state index is 0.00213. The van der Waals surface area contributed by atoms with E-state index in [2.05, 4.69) is 41.3 Å². The minimum atomic E-state index is -4.51. The van der Waals surface area contributed by atoms with Gasteiger partial charge >= 0.3 is 24.1 Å². The molecule has 3 aromatic rings. The largest absolute Gasteiger partial charge is 0.421 e. The molecule has 0 radical (unpaired) electrons. The molecule has 38 heavy (non-hydrogen) atoms. The first-order valence-corrected chi connectivity index (χ1v) is 12.5. The van der Waals surface area contributed by atoms with Gasteiger partial charge in [-0.15, -0.1) is 0 Å². The van der Waals surface area contributed by atoms with Crippen LogP contribution in [-0.2, 0) is 33.7 Å². The van der Waals surface area contributed by atoms with Crippen molar-refractivity contribution in [1.82, 2.24) is 9.55 Å². The molecule has 0 spiro atoms. The minimum Gasteiger partial charge on any atom is -0.316 e. The number of benzene rings is 2. The van der Waals surface area contributed by atoms with Crippen LogP contribution in [0.2, 0.25) is 5.02 Å². The van der Waals surface area contributed by atoms with Crippen LogP contribution < -0.4 is 10.6 Å². The lowest BCUT2D eigenvalue weighted by molar-refractivity contribution is -0.231. The van der Waals surface area contributed by atoms with E-state index in [1.165, 1.54) is 16.7 Å². The van der Waals surface area contributed by atoms with Crippen molar-refractivity contribution < 1.29 is 37.3 Å². The predicted octanol–water partition coefficient (Wildman–Crippen LogP) is 6.13. The molecule has 0 unspecified atom stereocenters. The van der Waals surface area contributed by atoms with Gasteiger partial charge in [0.2, 0.25) is 5.82 Å². The molecule has 0 atom stereocenters. The summed E-state index contributed by atoms with van der Waals surface area (Å²) in [7, 11) is 0. The number of hydrogen-bond donors (Lipinski definition) is 2. The monoisotopic (exact) mass is 616 g/mol. The molecule has 1 heterocycles. The number of amides is 2. The fraction of sp³-hybridized carbons (Fsp3) is 0.250. The van der Waals surface area contributed by atoms with Crippen LogP contribution in [0, 0.1) is 6.92 Å². The number of rotatable bonds is 7. The van der Waals surface area contributed by atoms with E-state index in [1.54, 1.807) is 32.0 Å². The number of alkyl halides is 4. The summed E-state index contributed by atoms with van der Waals surface area (Å²) in [4.78, 5) is 50.0. The second-order valence-corrected chi connectivity index (χ2v) is 8.86. The Hall–Kier alpha value is -3.58. The van der Waals surface area contributed by atoms with Gasteiger partial charge in [-0.05, 0) is 54.8 Å². The number of imidazole rings is 1. The molecule has 0 bridgehead atoms. The molecular formula is C24H21BrClF3N4O5. The molecule has 1 aromatic heterocycles. The quantitative estimate of drug-likeness (QED) is 0.188. The van der Waals surface area contributed by atoms with E-state index in [1.807, 2.05) is 0 Å². The molecule has 0 aliphatic rings. The van der Waals surface area contributed by atoms with Crippen molar-refractivity contribution >= 4 is 57.0 Å². The summed E-state index contributed by atoms with van der Waals surface area (Å²) in [6, 6.07) is 8.54. The summed E-state index contributed by atoms with van der Waals surface area (Å²) in [5, 5.41) is 5.48. The van der Waals surface area contributed by atoms with E-state index >= 15 is 0 Å². The Morgan fingerprint density at radius 3 is 2.34 bits per heavy atom. The summed E-state index contributed by atoms with van der Waals surface area (Å²) < 4.78 is 40.3. The first kappa shape index (κ1) is 29.0. The van der Waals surface area contributed by atoms with Gasteiger partial charge < -0.3 is 9.88 Å². The molecule has 3 rings (SSSR count). The third-order valence-corrected chi connectivity index (χ3v) is 5.89. The Bertz CT molecular complexity index is 1350. The van der Waals surface area contributed by atoms with Gasteiger partial charge in [-0.2, -0.15) is 13.2 Å². The second kappa shape index (κ2) is 12.3. The number of nitrogens with zero attached hydrogens (tertiary/aromatic N) is 2. The van der Waals surface area contributed by atoms with Crippen LogP contribution in [0.25, 0.3) is 0 Å². The van der Waals surface area contributed by atoms with Crippen molar-refractivity contribution in [2.24, 2.45) is 0 Å². The standard InChI is InChI=1S/C24H21BrClF3N4O5/c1-3-18-20(32-23(36)30-17-9-8-16(26)10-13(17)2)31-21(22(35)38-37-19(34)11-25)33(18)12-14-4-6-15(7-5-14)24(27,28)29/h4-10H,3,11-12H2,1-2H3,(H2,30,32,36). The van der Waals surface area contributed by atoms with Crippen molar-refractivity contribution in [1.29, 1.82) is 0 Å². The van der Waals surface area contributed by atoms with Gasteiger partial charge in [0.1, 0.15) is 5.33 Å². The molecule has 9 nitrogen and oxygen atoms in total. The molecule has 2 amide bonds. The molecule has 2 N–H and O–H groups in total. The number of anilines is 2. The lowest BCUT2D eigenvalue weighted by atomic mass is 10.1. The van der Waals surface area contributed by atoms with Crippen LogP contribution in [0.4, 0.5) is 29.5 Å². The van der Waals surface area contributed by atoms with Crippen molar-refractivity contribution in [3.05, 3.63) is 75.7 Å². The summed E-state index contributed by atoms with van der Waals surface area (Å²) in [6.45, 7) is 3.39. The Labute approximate surface area is 228 Å². The Balaban J connectivity index is 1.93. The van der Waals surface area contributed by atoms with Crippen LogP contribution >= 0.6 is 27.5 Å². The fourth-order valence-electron chi connectivity index (χ4n) is 3.43. The predicted molar refractivity (Wildman–Crippen MR) is 136 cm³/mol. The molecule has 0 aliphatic heterocycles. The Morgan fingerprint density at radius 2 is 1.76 bits per heavy atom. The van der Waals surface area contributed by atoms with Gasteiger partial charge in [0.25, 0.3) is 0 Å². The van der Waals surface area contributed by atoms with E-state index in [-0.39, 0.29) is 29.9 Å². The van der Waals surface area contributed by atoms with Gasteiger partial charge in [0.05, 0.1) is 11.3 Å². The maximum Gasteiger partial charge on any atom is 0.421 e. The molecule has 14 heteroatoms. The molecular weight excluding hydrogens is 597 g/mol. The molecule has 202 valence electrons. The van der Waals surface area contributed by atoms with E-state index < -0.39 is 29.7 Å². The van der Waals surface area contributed by atoms with Crippen LogP contribution in [0.5, 0.6) is 0 Å². The molecule has 2 aromatic carbocycles. The third-order valence-electron chi connectivity index (χ3n) is 5.20. The van der Waals surface area contributed by atoms with Gasteiger partial charge in [-0.1, -0.05) is 46.6 Å². The van der Waals surface area contributed by atoms with Crippen molar-refractivity contribution in [2.75, 3.05) is 16.0 Å².